The second-order valence-corrected chi connectivity index (χ2v) is 6.06. The lowest BCUT2D eigenvalue weighted by Crippen LogP contribution is -2.17. The van der Waals surface area contributed by atoms with Gasteiger partial charge in [0.1, 0.15) is 18.1 Å². The molecule has 1 aliphatic heterocycles. The van der Waals surface area contributed by atoms with Crippen LogP contribution in [0.4, 0.5) is 0 Å². The van der Waals surface area contributed by atoms with E-state index in [1.54, 1.807) is 24.3 Å². The number of aldehydes is 1. The van der Waals surface area contributed by atoms with E-state index in [2.05, 4.69) is 0 Å². The molecule has 2 rings (SSSR count). The molecule has 0 spiro atoms. The largest absolute Gasteiger partial charge is 0.489 e. The lowest BCUT2D eigenvalue weighted by Gasteiger charge is -2.11. The van der Waals surface area contributed by atoms with Gasteiger partial charge in [-0.2, -0.15) is 0 Å². The van der Waals surface area contributed by atoms with Gasteiger partial charge in [-0.3, -0.25) is 4.79 Å². The Bertz CT molecular complexity index is 475. The summed E-state index contributed by atoms with van der Waals surface area (Å²) < 4.78 is 27.9. The number of sulfone groups is 1. The number of carbonyl (C=O) groups is 1. The summed E-state index contributed by atoms with van der Waals surface area (Å²) in [5.74, 6) is 0.889. The Morgan fingerprint density at radius 3 is 2.44 bits per heavy atom. The van der Waals surface area contributed by atoms with E-state index in [4.69, 9.17) is 4.74 Å². The molecule has 0 radical (unpaired) electrons. The van der Waals surface area contributed by atoms with Crippen molar-refractivity contribution in [1.29, 1.82) is 0 Å². The highest BCUT2D eigenvalue weighted by molar-refractivity contribution is 7.91. The minimum absolute atomic E-state index is 0.0857. The summed E-state index contributed by atoms with van der Waals surface area (Å²) in [5.41, 5.74) is 0.575. The zero-order valence-electron chi connectivity index (χ0n) is 8.63. The molecule has 1 aromatic rings. The summed E-state index contributed by atoms with van der Waals surface area (Å²) in [5, 5.41) is 0. The van der Waals surface area contributed by atoms with Gasteiger partial charge in [0, 0.05) is 5.56 Å². The molecule has 0 aromatic heterocycles. The van der Waals surface area contributed by atoms with Crippen LogP contribution in [0, 0.1) is 0 Å². The fraction of sp³-hybridized carbons (Fsp3) is 0.364. The molecule has 0 bridgehead atoms. The molecule has 0 N–H and O–H groups in total. The monoisotopic (exact) mass is 240 g/mol. The van der Waals surface area contributed by atoms with Gasteiger partial charge in [0.05, 0.1) is 11.5 Å². The average molecular weight is 240 g/mol. The molecule has 0 amide bonds. The third kappa shape index (κ3) is 2.61. The van der Waals surface area contributed by atoms with Crippen LogP contribution in [0.15, 0.2) is 24.3 Å². The van der Waals surface area contributed by atoms with Crippen LogP contribution in [0.5, 0.6) is 5.75 Å². The first-order valence-electron chi connectivity index (χ1n) is 5.01. The molecule has 16 heavy (non-hydrogen) atoms. The van der Waals surface area contributed by atoms with Gasteiger partial charge < -0.3 is 4.74 Å². The number of hydrogen-bond acceptors (Lipinski definition) is 4. The van der Waals surface area contributed by atoms with E-state index in [9.17, 15) is 13.2 Å². The van der Waals surface area contributed by atoms with Crippen molar-refractivity contribution in [3.8, 4) is 5.75 Å². The molecule has 1 aliphatic rings. The van der Waals surface area contributed by atoms with Crippen LogP contribution in [0.2, 0.25) is 0 Å². The third-order valence-electron chi connectivity index (χ3n) is 2.51. The molecular weight excluding hydrogens is 228 g/mol. The molecular formula is C11H12O4S. The lowest BCUT2D eigenvalue weighted by atomic mass is 10.2. The maximum Gasteiger partial charge on any atom is 0.154 e. The van der Waals surface area contributed by atoms with Crippen LogP contribution in [0.1, 0.15) is 16.8 Å². The van der Waals surface area contributed by atoms with E-state index < -0.39 is 9.84 Å². The normalized spacial score (nSPS) is 22.9. The molecule has 1 heterocycles. The molecule has 0 aliphatic carbocycles. The van der Waals surface area contributed by atoms with Crippen molar-refractivity contribution in [3.63, 3.8) is 0 Å². The van der Waals surface area contributed by atoms with Crippen LogP contribution in [-0.2, 0) is 9.84 Å². The van der Waals surface area contributed by atoms with Gasteiger partial charge in [0.2, 0.25) is 0 Å². The van der Waals surface area contributed by atoms with Crippen LogP contribution in [0.25, 0.3) is 0 Å². The van der Waals surface area contributed by atoms with Crippen molar-refractivity contribution in [2.45, 2.75) is 12.5 Å². The summed E-state index contributed by atoms with van der Waals surface area (Å²) >= 11 is 0. The van der Waals surface area contributed by atoms with Gasteiger partial charge in [-0.05, 0) is 30.7 Å². The second-order valence-electron chi connectivity index (χ2n) is 3.83. The lowest BCUT2D eigenvalue weighted by molar-refractivity contribution is 0.112. The summed E-state index contributed by atoms with van der Waals surface area (Å²) in [6.45, 7) is 0. The third-order valence-corrected chi connectivity index (χ3v) is 4.25. The summed E-state index contributed by atoms with van der Waals surface area (Å²) in [7, 11) is -2.91. The maximum absolute atomic E-state index is 11.2. The molecule has 1 atom stereocenters. The Kier molecular flexibility index (Phi) is 2.96. The van der Waals surface area contributed by atoms with E-state index in [1.165, 1.54) is 0 Å². The van der Waals surface area contributed by atoms with E-state index in [0.717, 1.165) is 6.29 Å². The first-order chi connectivity index (χ1) is 7.59. The Labute approximate surface area is 94.2 Å². The van der Waals surface area contributed by atoms with Gasteiger partial charge in [-0.1, -0.05) is 0 Å². The van der Waals surface area contributed by atoms with Crippen molar-refractivity contribution < 1.29 is 17.9 Å². The topological polar surface area (TPSA) is 60.4 Å². The summed E-state index contributed by atoms with van der Waals surface area (Å²) in [4.78, 5) is 10.4. The number of hydrogen-bond donors (Lipinski definition) is 0. The van der Waals surface area contributed by atoms with E-state index in [-0.39, 0.29) is 17.6 Å². The van der Waals surface area contributed by atoms with E-state index in [1.807, 2.05) is 0 Å². The molecule has 1 aromatic carbocycles. The van der Waals surface area contributed by atoms with E-state index >= 15 is 0 Å². The fourth-order valence-electron chi connectivity index (χ4n) is 1.67. The van der Waals surface area contributed by atoms with Crippen LogP contribution < -0.4 is 4.74 Å². The second kappa shape index (κ2) is 4.25. The Morgan fingerprint density at radius 2 is 1.94 bits per heavy atom. The minimum Gasteiger partial charge on any atom is -0.489 e. The zero-order chi connectivity index (χ0) is 11.6. The Hall–Kier alpha value is -1.36. The summed E-state index contributed by atoms with van der Waals surface area (Å²) in [6, 6.07) is 6.64. The quantitative estimate of drug-likeness (QED) is 0.741. The van der Waals surface area contributed by atoms with Gasteiger partial charge in [-0.25, -0.2) is 8.42 Å². The van der Waals surface area contributed by atoms with Gasteiger partial charge in [0.15, 0.2) is 9.84 Å². The van der Waals surface area contributed by atoms with E-state index in [0.29, 0.717) is 17.7 Å². The van der Waals surface area contributed by atoms with Gasteiger partial charge >= 0.3 is 0 Å². The standard InChI is InChI=1S/C11H12O4S/c12-7-9-1-3-10(4-2-9)15-11-5-6-16(13,14)8-11/h1-4,7,11H,5-6,8H2. The molecule has 1 saturated heterocycles. The number of benzene rings is 1. The van der Waals surface area contributed by atoms with Crippen LogP contribution >= 0.6 is 0 Å². The number of rotatable bonds is 3. The Balaban J connectivity index is 2.02. The maximum atomic E-state index is 11.2. The zero-order valence-corrected chi connectivity index (χ0v) is 9.44. The van der Waals surface area contributed by atoms with Crippen molar-refractivity contribution in [1.82, 2.24) is 0 Å². The number of carbonyl (C=O) groups excluding carboxylic acids is 1. The molecule has 1 fully saturated rings. The smallest absolute Gasteiger partial charge is 0.154 e. The molecule has 86 valence electrons. The van der Waals surface area contributed by atoms with Crippen LogP contribution in [0.3, 0.4) is 0 Å². The highest BCUT2D eigenvalue weighted by Gasteiger charge is 2.29. The van der Waals surface area contributed by atoms with Gasteiger partial charge in [-0.15, -0.1) is 0 Å². The SMILES string of the molecule is O=Cc1ccc(OC2CCS(=O)(=O)C2)cc1. The van der Waals surface area contributed by atoms with Crippen molar-refractivity contribution in [3.05, 3.63) is 29.8 Å². The molecule has 0 saturated carbocycles. The number of ether oxygens (including phenoxy) is 1. The fourth-order valence-corrected chi connectivity index (χ4v) is 3.26. The first-order valence-corrected chi connectivity index (χ1v) is 6.83. The minimum atomic E-state index is -2.91. The Morgan fingerprint density at radius 1 is 1.25 bits per heavy atom. The predicted molar refractivity (Wildman–Crippen MR) is 59.5 cm³/mol. The van der Waals surface area contributed by atoms with Gasteiger partial charge in [0.25, 0.3) is 0 Å². The van der Waals surface area contributed by atoms with Crippen molar-refractivity contribution in [2.24, 2.45) is 0 Å². The highest BCUT2D eigenvalue weighted by Crippen LogP contribution is 2.19. The average Bonchev–Trinajstić information content (AvgIpc) is 2.59. The van der Waals surface area contributed by atoms with Crippen molar-refractivity contribution in [2.75, 3.05) is 11.5 Å². The summed E-state index contributed by atoms with van der Waals surface area (Å²) in [6.07, 6.45) is 1.04. The van der Waals surface area contributed by atoms with Crippen LogP contribution in [-0.4, -0.2) is 32.3 Å². The van der Waals surface area contributed by atoms with Crippen molar-refractivity contribution >= 4 is 16.1 Å². The molecule has 1 unspecified atom stereocenters. The highest BCUT2D eigenvalue weighted by atomic mass is 32.2. The molecule has 5 heteroatoms. The predicted octanol–water partition coefficient (Wildman–Crippen LogP) is 1.06. The first kappa shape index (κ1) is 11.1. The molecule has 4 nitrogen and oxygen atoms in total.